The summed E-state index contributed by atoms with van der Waals surface area (Å²) < 4.78 is 6.92. The predicted molar refractivity (Wildman–Crippen MR) is 97.0 cm³/mol. The fourth-order valence-electron chi connectivity index (χ4n) is 3.20. The molecule has 1 N–H and O–H groups in total. The Balaban J connectivity index is 1.50. The van der Waals surface area contributed by atoms with Crippen LogP contribution in [0.15, 0.2) is 36.7 Å². The highest BCUT2D eigenvalue weighted by Gasteiger charge is 2.25. The second kappa shape index (κ2) is 8.03. The molecular formula is C19H24N4O3. The van der Waals surface area contributed by atoms with Gasteiger partial charge in [0.05, 0.1) is 25.3 Å². The van der Waals surface area contributed by atoms with Crippen LogP contribution in [0.25, 0.3) is 0 Å². The summed E-state index contributed by atoms with van der Waals surface area (Å²) >= 11 is 0. The molecule has 0 aliphatic carbocycles. The Morgan fingerprint density at radius 2 is 2.00 bits per heavy atom. The summed E-state index contributed by atoms with van der Waals surface area (Å²) in [5.41, 5.74) is 1.45. The fraction of sp³-hybridized carbons (Fsp3) is 0.421. The van der Waals surface area contributed by atoms with E-state index in [-0.39, 0.29) is 17.9 Å². The second-order valence-corrected chi connectivity index (χ2v) is 6.52. The molecule has 7 heteroatoms. The average molecular weight is 356 g/mol. The summed E-state index contributed by atoms with van der Waals surface area (Å²) in [6, 6.07) is 7.66. The van der Waals surface area contributed by atoms with Crippen molar-refractivity contribution in [1.82, 2.24) is 20.0 Å². The highest BCUT2D eigenvalue weighted by atomic mass is 16.5. The first kappa shape index (κ1) is 18.0. The van der Waals surface area contributed by atoms with Crippen LogP contribution in [0.4, 0.5) is 0 Å². The van der Waals surface area contributed by atoms with Crippen LogP contribution < -0.4 is 10.1 Å². The molecule has 0 radical (unpaired) electrons. The summed E-state index contributed by atoms with van der Waals surface area (Å²) in [7, 11) is 3.39. The number of benzene rings is 1. The lowest BCUT2D eigenvalue weighted by Gasteiger charge is -2.32. The topological polar surface area (TPSA) is 76.5 Å². The lowest BCUT2D eigenvalue weighted by Crippen LogP contribution is -2.46. The van der Waals surface area contributed by atoms with E-state index < -0.39 is 0 Å². The van der Waals surface area contributed by atoms with Crippen molar-refractivity contribution in [2.75, 3.05) is 20.2 Å². The minimum Gasteiger partial charge on any atom is -0.496 e. The van der Waals surface area contributed by atoms with Gasteiger partial charge in [0, 0.05) is 37.9 Å². The van der Waals surface area contributed by atoms with Gasteiger partial charge in [0.25, 0.3) is 5.91 Å². The molecule has 26 heavy (non-hydrogen) atoms. The van der Waals surface area contributed by atoms with Crippen molar-refractivity contribution in [2.45, 2.75) is 25.3 Å². The number of carbonyl (C=O) groups is 2. The van der Waals surface area contributed by atoms with E-state index in [1.807, 2.05) is 29.2 Å². The molecule has 0 spiro atoms. The molecule has 0 atom stereocenters. The number of nitrogens with one attached hydrogen (secondary N) is 1. The number of ether oxygens (including phenoxy) is 1. The number of nitrogens with zero attached hydrogens (tertiary/aromatic N) is 3. The first-order valence-electron chi connectivity index (χ1n) is 8.76. The van der Waals surface area contributed by atoms with Crippen molar-refractivity contribution in [3.63, 3.8) is 0 Å². The molecule has 1 aliphatic heterocycles. The van der Waals surface area contributed by atoms with Crippen molar-refractivity contribution in [3.05, 3.63) is 47.8 Å². The Bertz CT molecular complexity index is 779. The van der Waals surface area contributed by atoms with Gasteiger partial charge < -0.3 is 15.0 Å². The van der Waals surface area contributed by atoms with E-state index >= 15 is 0 Å². The third-order valence-electron chi connectivity index (χ3n) is 4.68. The third kappa shape index (κ3) is 4.22. The number of rotatable bonds is 5. The van der Waals surface area contributed by atoms with Gasteiger partial charge in [-0.15, -0.1) is 0 Å². The van der Waals surface area contributed by atoms with Gasteiger partial charge in [-0.05, 0) is 18.9 Å². The maximum atomic E-state index is 12.6. The highest BCUT2D eigenvalue weighted by Crippen LogP contribution is 2.20. The summed E-state index contributed by atoms with van der Waals surface area (Å²) in [5, 5.41) is 7.04. The van der Waals surface area contributed by atoms with Crippen molar-refractivity contribution >= 4 is 11.8 Å². The molecule has 1 saturated heterocycles. The van der Waals surface area contributed by atoms with E-state index in [0.29, 0.717) is 25.1 Å². The predicted octanol–water partition coefficient (Wildman–Crippen LogP) is 1.39. The van der Waals surface area contributed by atoms with E-state index in [2.05, 4.69) is 10.4 Å². The van der Waals surface area contributed by atoms with E-state index in [9.17, 15) is 9.59 Å². The SMILES string of the molecule is COc1ccccc1CC(=O)N1CCC(NC(=O)c2cnn(C)c2)CC1. The molecule has 2 aromatic rings. The standard InChI is InChI=1S/C19H24N4O3/c1-22-13-15(12-20-22)19(25)21-16-7-9-23(10-8-16)18(24)11-14-5-3-4-6-17(14)26-2/h3-6,12-13,16H,7-11H2,1-2H3,(H,21,25). The van der Waals surface area contributed by atoms with Gasteiger partial charge in [-0.3, -0.25) is 14.3 Å². The molecule has 1 aromatic heterocycles. The van der Waals surface area contributed by atoms with Crippen LogP contribution in [-0.2, 0) is 18.3 Å². The van der Waals surface area contributed by atoms with Gasteiger partial charge in [0.1, 0.15) is 5.75 Å². The number of carbonyl (C=O) groups excluding carboxylic acids is 2. The first-order chi connectivity index (χ1) is 12.6. The molecular weight excluding hydrogens is 332 g/mol. The summed E-state index contributed by atoms with van der Waals surface area (Å²) in [6.07, 6.45) is 5.09. The molecule has 0 bridgehead atoms. The van der Waals surface area contributed by atoms with E-state index in [4.69, 9.17) is 4.74 Å². The maximum absolute atomic E-state index is 12.6. The zero-order valence-corrected chi connectivity index (χ0v) is 15.1. The van der Waals surface area contributed by atoms with E-state index in [0.717, 1.165) is 24.2 Å². The van der Waals surface area contributed by atoms with Crippen LogP contribution in [0.1, 0.15) is 28.8 Å². The third-order valence-corrected chi connectivity index (χ3v) is 4.68. The van der Waals surface area contributed by atoms with Crippen LogP contribution in [0.5, 0.6) is 5.75 Å². The van der Waals surface area contributed by atoms with Crippen LogP contribution in [0.2, 0.25) is 0 Å². The van der Waals surface area contributed by atoms with E-state index in [1.54, 1.807) is 31.2 Å². The molecule has 0 saturated carbocycles. The smallest absolute Gasteiger partial charge is 0.254 e. The number of likely N-dealkylation sites (tertiary alicyclic amines) is 1. The minimum absolute atomic E-state index is 0.0815. The zero-order chi connectivity index (χ0) is 18.5. The Kier molecular flexibility index (Phi) is 5.55. The number of para-hydroxylation sites is 1. The number of hydrogen-bond donors (Lipinski definition) is 1. The van der Waals surface area contributed by atoms with Crippen LogP contribution in [0.3, 0.4) is 0 Å². The molecule has 2 heterocycles. The van der Waals surface area contributed by atoms with Crippen LogP contribution in [0, 0.1) is 0 Å². The fourth-order valence-corrected chi connectivity index (χ4v) is 3.20. The molecule has 1 aromatic carbocycles. The van der Waals surface area contributed by atoms with Crippen molar-refractivity contribution in [1.29, 1.82) is 0 Å². The van der Waals surface area contributed by atoms with Crippen molar-refractivity contribution in [2.24, 2.45) is 7.05 Å². The Hall–Kier alpha value is -2.83. The van der Waals surface area contributed by atoms with Gasteiger partial charge >= 0.3 is 0 Å². The maximum Gasteiger partial charge on any atom is 0.254 e. The van der Waals surface area contributed by atoms with Gasteiger partial charge in [0.15, 0.2) is 0 Å². The Morgan fingerprint density at radius 3 is 2.65 bits per heavy atom. The normalized spacial score (nSPS) is 14.9. The summed E-state index contributed by atoms with van der Waals surface area (Å²) in [5.74, 6) is 0.711. The van der Waals surface area contributed by atoms with Gasteiger partial charge in [-0.2, -0.15) is 5.10 Å². The van der Waals surface area contributed by atoms with Crippen LogP contribution >= 0.6 is 0 Å². The molecule has 7 nitrogen and oxygen atoms in total. The number of methoxy groups -OCH3 is 1. The van der Waals surface area contributed by atoms with E-state index in [1.165, 1.54) is 0 Å². The van der Waals surface area contributed by atoms with Gasteiger partial charge in [-0.25, -0.2) is 0 Å². The van der Waals surface area contributed by atoms with Gasteiger partial charge in [-0.1, -0.05) is 18.2 Å². The average Bonchev–Trinajstić information content (AvgIpc) is 3.09. The number of amides is 2. The molecule has 1 fully saturated rings. The number of piperidine rings is 1. The van der Waals surface area contributed by atoms with Crippen LogP contribution in [-0.4, -0.2) is 52.7 Å². The minimum atomic E-state index is -0.114. The van der Waals surface area contributed by atoms with Gasteiger partial charge in [0.2, 0.25) is 5.91 Å². The molecule has 2 amide bonds. The highest BCUT2D eigenvalue weighted by molar-refractivity contribution is 5.93. The number of aryl methyl sites for hydroxylation is 1. The molecule has 1 aliphatic rings. The first-order valence-corrected chi connectivity index (χ1v) is 8.76. The number of aromatic nitrogens is 2. The molecule has 3 rings (SSSR count). The Morgan fingerprint density at radius 1 is 1.27 bits per heavy atom. The summed E-state index contributed by atoms with van der Waals surface area (Å²) in [4.78, 5) is 26.6. The monoisotopic (exact) mass is 356 g/mol. The summed E-state index contributed by atoms with van der Waals surface area (Å²) in [6.45, 7) is 1.29. The quantitative estimate of drug-likeness (QED) is 0.878. The second-order valence-electron chi connectivity index (χ2n) is 6.52. The molecule has 0 unspecified atom stereocenters. The molecule has 138 valence electrons. The number of hydrogen-bond acceptors (Lipinski definition) is 4. The lowest BCUT2D eigenvalue weighted by molar-refractivity contribution is -0.131. The largest absolute Gasteiger partial charge is 0.496 e. The van der Waals surface area contributed by atoms with Crippen molar-refractivity contribution in [3.8, 4) is 5.75 Å². The zero-order valence-electron chi connectivity index (χ0n) is 15.1. The van der Waals surface area contributed by atoms with Crippen molar-refractivity contribution < 1.29 is 14.3 Å². The lowest BCUT2D eigenvalue weighted by atomic mass is 10.0. The Labute approximate surface area is 152 Å².